The second-order valence-electron chi connectivity index (χ2n) is 5.91. The average Bonchev–Trinajstić information content (AvgIpc) is 3.20. The summed E-state index contributed by atoms with van der Waals surface area (Å²) in [4.78, 5) is 25.5. The zero-order valence-electron chi connectivity index (χ0n) is 11.5. The zero-order chi connectivity index (χ0) is 14.4. The molecule has 5 heteroatoms. The summed E-state index contributed by atoms with van der Waals surface area (Å²) in [6.45, 7) is 3.21. The second-order valence-corrected chi connectivity index (χ2v) is 5.91. The normalized spacial score (nSPS) is 27.1. The summed E-state index contributed by atoms with van der Waals surface area (Å²) in [7, 11) is 0. The van der Waals surface area contributed by atoms with Gasteiger partial charge < -0.3 is 14.6 Å². The van der Waals surface area contributed by atoms with Gasteiger partial charge in [-0.15, -0.1) is 0 Å². The van der Waals surface area contributed by atoms with Crippen LogP contribution >= 0.6 is 0 Å². The Balaban J connectivity index is 1.54. The fraction of sp³-hybridized carbons (Fsp3) is 0.375. The van der Waals surface area contributed by atoms with Crippen molar-refractivity contribution in [1.82, 2.24) is 10.2 Å². The van der Waals surface area contributed by atoms with Crippen molar-refractivity contribution in [3.05, 3.63) is 35.6 Å². The largest absolute Gasteiger partial charge is 0.453 e. The van der Waals surface area contributed by atoms with Crippen molar-refractivity contribution in [1.29, 1.82) is 0 Å². The Kier molecular flexibility index (Phi) is 2.82. The van der Waals surface area contributed by atoms with Crippen LogP contribution < -0.4 is 5.32 Å². The Hall–Kier alpha value is -2.14. The molecule has 5 nitrogen and oxygen atoms in total. The Morgan fingerprint density at radius 2 is 2.24 bits per heavy atom. The smallest absolute Gasteiger partial charge is 0.251 e. The molecule has 2 aliphatic heterocycles. The van der Waals surface area contributed by atoms with E-state index in [1.807, 2.05) is 6.07 Å². The number of benzene rings is 1. The molecule has 2 saturated heterocycles. The van der Waals surface area contributed by atoms with Crippen molar-refractivity contribution < 1.29 is 14.0 Å². The lowest BCUT2D eigenvalue weighted by atomic mass is 9.99. The van der Waals surface area contributed by atoms with Crippen molar-refractivity contribution in [2.45, 2.75) is 12.5 Å². The molecule has 2 bridgehead atoms. The minimum atomic E-state index is -0.0697. The summed E-state index contributed by atoms with van der Waals surface area (Å²) in [6.07, 6.45) is 1.84. The maximum Gasteiger partial charge on any atom is 0.251 e. The number of nitrogens with zero attached hydrogens (tertiary/aromatic N) is 1. The Labute approximate surface area is 121 Å². The van der Waals surface area contributed by atoms with E-state index in [2.05, 4.69) is 10.2 Å². The highest BCUT2D eigenvalue weighted by atomic mass is 16.3. The van der Waals surface area contributed by atoms with Gasteiger partial charge in [0.05, 0.1) is 0 Å². The summed E-state index contributed by atoms with van der Waals surface area (Å²) in [5.41, 5.74) is 1.15. The van der Waals surface area contributed by atoms with Gasteiger partial charge in [-0.3, -0.25) is 9.59 Å². The lowest BCUT2D eigenvalue weighted by molar-refractivity contribution is 0.0924. The van der Waals surface area contributed by atoms with E-state index in [0.29, 0.717) is 23.4 Å². The highest BCUT2D eigenvalue weighted by Gasteiger charge is 2.38. The Morgan fingerprint density at radius 1 is 1.33 bits per heavy atom. The summed E-state index contributed by atoms with van der Waals surface area (Å²) in [5, 5.41) is 3.95. The molecule has 2 aromatic rings. The fourth-order valence-corrected chi connectivity index (χ4v) is 3.45. The first-order valence-corrected chi connectivity index (χ1v) is 7.25. The maximum absolute atomic E-state index is 12.4. The number of carbonyl (C=O) groups excluding carboxylic acids is 2. The van der Waals surface area contributed by atoms with Crippen LogP contribution in [0.2, 0.25) is 0 Å². The standard InChI is InChI=1S/C16H16N2O3/c19-9-13-5-10-1-2-11(6-15(10)21-13)16(20)17-14-8-18-4-3-12(14)7-18/h1-2,5-6,9,12,14H,3-4,7-8H2,(H,17,20)/t12-,14?/m0/s1. The number of fused-ring (bicyclic) bond motifs is 3. The minimum Gasteiger partial charge on any atom is -0.453 e. The van der Waals surface area contributed by atoms with Crippen LogP contribution in [0.15, 0.2) is 28.7 Å². The first kappa shape index (κ1) is 12.6. The van der Waals surface area contributed by atoms with Crippen LogP contribution in [0.1, 0.15) is 27.3 Å². The van der Waals surface area contributed by atoms with Gasteiger partial charge in [0.2, 0.25) is 0 Å². The van der Waals surface area contributed by atoms with Crippen LogP contribution in [0.3, 0.4) is 0 Å². The quantitative estimate of drug-likeness (QED) is 0.871. The first-order chi connectivity index (χ1) is 10.2. The van der Waals surface area contributed by atoms with Gasteiger partial charge in [0, 0.05) is 30.1 Å². The van der Waals surface area contributed by atoms with E-state index in [9.17, 15) is 9.59 Å². The molecular formula is C16H16N2O3. The summed E-state index contributed by atoms with van der Waals surface area (Å²) in [5.74, 6) is 0.797. The molecule has 2 aliphatic rings. The molecule has 4 rings (SSSR count). The molecule has 108 valence electrons. The number of hydrogen-bond acceptors (Lipinski definition) is 4. The van der Waals surface area contributed by atoms with E-state index in [-0.39, 0.29) is 17.7 Å². The third kappa shape index (κ3) is 2.14. The Morgan fingerprint density at radius 3 is 2.95 bits per heavy atom. The predicted octanol–water partition coefficient (Wildman–Crippen LogP) is 1.68. The molecule has 0 saturated carbocycles. The van der Waals surface area contributed by atoms with Crippen LogP contribution in [0, 0.1) is 5.92 Å². The van der Waals surface area contributed by atoms with E-state index in [1.165, 1.54) is 6.42 Å². The van der Waals surface area contributed by atoms with E-state index in [0.717, 1.165) is 25.0 Å². The van der Waals surface area contributed by atoms with Crippen LogP contribution in [-0.2, 0) is 0 Å². The number of furan rings is 1. The lowest BCUT2D eigenvalue weighted by Crippen LogP contribution is -2.43. The molecule has 0 spiro atoms. The van der Waals surface area contributed by atoms with E-state index in [1.54, 1.807) is 18.2 Å². The number of hydrogen-bond donors (Lipinski definition) is 1. The van der Waals surface area contributed by atoms with Gasteiger partial charge in [-0.1, -0.05) is 6.07 Å². The topological polar surface area (TPSA) is 62.6 Å². The van der Waals surface area contributed by atoms with Gasteiger partial charge >= 0.3 is 0 Å². The van der Waals surface area contributed by atoms with E-state index in [4.69, 9.17) is 4.42 Å². The molecule has 0 radical (unpaired) electrons. The number of rotatable bonds is 3. The van der Waals surface area contributed by atoms with Gasteiger partial charge in [-0.2, -0.15) is 0 Å². The highest BCUT2D eigenvalue weighted by molar-refractivity contribution is 5.98. The number of aldehydes is 1. The van der Waals surface area contributed by atoms with Gasteiger partial charge in [0.25, 0.3) is 5.91 Å². The van der Waals surface area contributed by atoms with Gasteiger partial charge in [-0.05, 0) is 37.1 Å². The van der Waals surface area contributed by atoms with Gasteiger partial charge in [0.1, 0.15) is 5.58 Å². The molecule has 3 heterocycles. The summed E-state index contributed by atoms with van der Waals surface area (Å²) >= 11 is 0. The lowest BCUT2D eigenvalue weighted by Gasteiger charge is -2.23. The number of carbonyl (C=O) groups is 2. The van der Waals surface area contributed by atoms with Crippen molar-refractivity contribution >= 4 is 23.2 Å². The zero-order valence-corrected chi connectivity index (χ0v) is 11.5. The fourth-order valence-electron chi connectivity index (χ4n) is 3.45. The summed E-state index contributed by atoms with van der Waals surface area (Å²) < 4.78 is 5.37. The molecule has 2 fully saturated rings. The maximum atomic E-state index is 12.4. The predicted molar refractivity (Wildman–Crippen MR) is 77.4 cm³/mol. The van der Waals surface area contributed by atoms with Crippen LogP contribution in [0.5, 0.6) is 0 Å². The SMILES string of the molecule is O=Cc1cc2ccc(C(=O)NC3CN4CC[C@H]3C4)cc2o1. The molecule has 21 heavy (non-hydrogen) atoms. The van der Waals surface area contributed by atoms with Gasteiger partial charge in [-0.25, -0.2) is 0 Å². The molecule has 3 atom stereocenters. The minimum absolute atomic E-state index is 0.0697. The molecule has 1 aromatic heterocycles. The van der Waals surface area contributed by atoms with Crippen LogP contribution in [-0.4, -0.2) is 42.8 Å². The Bertz CT molecular complexity index is 721. The number of nitrogens with one attached hydrogen (secondary N) is 1. The van der Waals surface area contributed by atoms with Crippen molar-refractivity contribution in [2.24, 2.45) is 5.92 Å². The molecular weight excluding hydrogens is 268 g/mol. The molecule has 0 aliphatic carbocycles. The van der Waals surface area contributed by atoms with Crippen molar-refractivity contribution in [3.63, 3.8) is 0 Å². The number of piperidine rings is 1. The molecule has 1 amide bonds. The second kappa shape index (κ2) is 4.70. The first-order valence-electron chi connectivity index (χ1n) is 7.25. The van der Waals surface area contributed by atoms with E-state index >= 15 is 0 Å². The van der Waals surface area contributed by atoms with Crippen LogP contribution in [0.4, 0.5) is 0 Å². The molecule has 1 aromatic carbocycles. The highest BCUT2D eigenvalue weighted by Crippen LogP contribution is 2.28. The molecule has 1 N–H and O–H groups in total. The van der Waals surface area contributed by atoms with Crippen LogP contribution in [0.25, 0.3) is 11.0 Å². The third-order valence-electron chi connectivity index (χ3n) is 4.57. The van der Waals surface area contributed by atoms with Gasteiger partial charge in [0.15, 0.2) is 12.0 Å². The monoisotopic (exact) mass is 284 g/mol. The van der Waals surface area contributed by atoms with Crippen molar-refractivity contribution in [2.75, 3.05) is 19.6 Å². The average molecular weight is 284 g/mol. The van der Waals surface area contributed by atoms with Crippen molar-refractivity contribution in [3.8, 4) is 0 Å². The summed E-state index contributed by atoms with van der Waals surface area (Å²) in [6, 6.07) is 7.21. The number of amides is 1. The third-order valence-corrected chi connectivity index (χ3v) is 4.57. The van der Waals surface area contributed by atoms with E-state index < -0.39 is 0 Å². The molecule has 2 unspecified atom stereocenters.